The number of benzene rings is 2. The summed E-state index contributed by atoms with van der Waals surface area (Å²) in [6.45, 7) is 0. The standard InChI is InChI=1S/C26H22N2O2.Pt/c1-29-25-15-19(13-23-7-3-5-9-27-23)11-21(17-25)22-12-20(16-26(18-22)30-2)14-24-8-4-6-10-28-24;/h3-10,15-18H,13-14H2,1-2H3;/q-2;+2. The molecule has 0 atom stereocenters. The molecule has 0 aliphatic carbocycles. The SMILES string of the molecule is COc1cc(Cc2ccccn2)[c-]c(-c2[c-]c(Cc3ccccn3)cc(OC)c2)c1.[Pt+2]. The van der Waals surface area contributed by atoms with Crippen LogP contribution < -0.4 is 9.47 Å². The van der Waals surface area contributed by atoms with Crippen molar-refractivity contribution in [3.8, 4) is 22.6 Å². The zero-order chi connectivity index (χ0) is 20.8. The third-order valence-electron chi connectivity index (χ3n) is 4.75. The van der Waals surface area contributed by atoms with Crippen molar-refractivity contribution in [1.29, 1.82) is 0 Å². The number of nitrogens with zero attached hydrogens (tertiary/aromatic N) is 2. The van der Waals surface area contributed by atoms with Gasteiger partial charge in [0.2, 0.25) is 0 Å². The summed E-state index contributed by atoms with van der Waals surface area (Å²) in [5, 5.41) is 0. The molecule has 4 rings (SSSR count). The molecule has 0 fully saturated rings. The van der Waals surface area contributed by atoms with Gasteiger partial charge in [-0.05, 0) is 37.1 Å². The van der Waals surface area contributed by atoms with Crippen LogP contribution in [0.25, 0.3) is 11.1 Å². The van der Waals surface area contributed by atoms with Gasteiger partial charge in [-0.1, -0.05) is 24.3 Å². The molecule has 31 heavy (non-hydrogen) atoms. The van der Waals surface area contributed by atoms with E-state index in [0.717, 1.165) is 45.1 Å². The average Bonchev–Trinajstić information content (AvgIpc) is 2.80. The zero-order valence-electron chi connectivity index (χ0n) is 17.4. The van der Waals surface area contributed by atoms with Crippen molar-refractivity contribution in [2.24, 2.45) is 0 Å². The number of aromatic nitrogens is 2. The first-order valence-electron chi connectivity index (χ1n) is 9.74. The molecule has 0 saturated carbocycles. The summed E-state index contributed by atoms with van der Waals surface area (Å²) >= 11 is 0. The Morgan fingerprint density at radius 1 is 0.677 bits per heavy atom. The second-order valence-electron chi connectivity index (χ2n) is 6.91. The summed E-state index contributed by atoms with van der Waals surface area (Å²) in [4.78, 5) is 8.85. The molecule has 2 heterocycles. The van der Waals surface area contributed by atoms with E-state index < -0.39 is 0 Å². The predicted molar refractivity (Wildman–Crippen MR) is 117 cm³/mol. The molecule has 158 valence electrons. The normalized spacial score (nSPS) is 10.3. The molecule has 2 aromatic heterocycles. The Balaban J connectivity index is 0.00000272. The van der Waals surface area contributed by atoms with Crippen LogP contribution in [0.15, 0.2) is 73.1 Å². The number of methoxy groups -OCH3 is 2. The summed E-state index contributed by atoms with van der Waals surface area (Å²) in [7, 11) is 3.34. The van der Waals surface area contributed by atoms with Crippen LogP contribution in [0, 0.1) is 12.1 Å². The van der Waals surface area contributed by atoms with Crippen molar-refractivity contribution in [1.82, 2.24) is 9.97 Å². The monoisotopic (exact) mass is 589 g/mol. The Morgan fingerprint density at radius 2 is 1.13 bits per heavy atom. The molecule has 4 nitrogen and oxygen atoms in total. The largest absolute Gasteiger partial charge is 2.00 e. The Morgan fingerprint density at radius 3 is 1.48 bits per heavy atom. The predicted octanol–water partition coefficient (Wildman–Crippen LogP) is 4.94. The number of hydrogen-bond donors (Lipinski definition) is 0. The maximum Gasteiger partial charge on any atom is 2.00 e. The first-order chi connectivity index (χ1) is 14.7. The number of hydrogen-bond acceptors (Lipinski definition) is 4. The van der Waals surface area contributed by atoms with Crippen LogP contribution >= 0.6 is 0 Å². The Kier molecular flexibility index (Phi) is 7.97. The van der Waals surface area contributed by atoms with E-state index in [-0.39, 0.29) is 21.1 Å². The molecule has 2 aromatic carbocycles. The zero-order valence-corrected chi connectivity index (χ0v) is 19.6. The number of ether oxygens (including phenoxy) is 2. The van der Waals surface area contributed by atoms with Crippen molar-refractivity contribution in [2.45, 2.75) is 12.8 Å². The summed E-state index contributed by atoms with van der Waals surface area (Å²) in [5.41, 5.74) is 5.79. The minimum atomic E-state index is 0. The van der Waals surface area contributed by atoms with Gasteiger partial charge in [-0.25, -0.2) is 11.1 Å². The van der Waals surface area contributed by atoms with Gasteiger partial charge in [-0.3, -0.25) is 9.97 Å². The van der Waals surface area contributed by atoms with Gasteiger partial charge in [0.1, 0.15) is 0 Å². The van der Waals surface area contributed by atoms with Gasteiger partial charge in [0.25, 0.3) is 0 Å². The van der Waals surface area contributed by atoms with E-state index in [1.165, 1.54) is 0 Å². The van der Waals surface area contributed by atoms with E-state index in [0.29, 0.717) is 12.8 Å². The fourth-order valence-corrected chi connectivity index (χ4v) is 3.31. The Labute approximate surface area is 197 Å². The quantitative estimate of drug-likeness (QED) is 0.287. The first kappa shape index (κ1) is 22.7. The topological polar surface area (TPSA) is 44.2 Å². The van der Waals surface area contributed by atoms with Gasteiger partial charge >= 0.3 is 21.1 Å². The van der Waals surface area contributed by atoms with Crippen LogP contribution in [-0.2, 0) is 33.9 Å². The third kappa shape index (κ3) is 6.02. The Hall–Kier alpha value is -2.97. The third-order valence-corrected chi connectivity index (χ3v) is 4.75. The minimum absolute atomic E-state index is 0. The molecule has 0 unspecified atom stereocenters. The van der Waals surface area contributed by atoms with E-state index in [2.05, 4.69) is 22.1 Å². The van der Waals surface area contributed by atoms with Gasteiger partial charge in [0.05, 0.1) is 14.2 Å². The van der Waals surface area contributed by atoms with Crippen LogP contribution in [0.4, 0.5) is 0 Å². The van der Waals surface area contributed by atoms with Crippen molar-refractivity contribution in [3.05, 3.63) is 108 Å². The molecule has 0 saturated heterocycles. The summed E-state index contributed by atoms with van der Waals surface area (Å²) < 4.78 is 11.1. The molecule has 5 heteroatoms. The van der Waals surface area contributed by atoms with Crippen LogP contribution in [0.3, 0.4) is 0 Å². The van der Waals surface area contributed by atoms with E-state index in [1.807, 2.05) is 60.7 Å². The van der Waals surface area contributed by atoms with E-state index in [4.69, 9.17) is 9.47 Å². The average molecular weight is 590 g/mol. The fourth-order valence-electron chi connectivity index (χ4n) is 3.31. The molecule has 0 amide bonds. The summed E-state index contributed by atoms with van der Waals surface area (Å²) in [6.07, 6.45) is 4.96. The van der Waals surface area contributed by atoms with Crippen molar-refractivity contribution < 1.29 is 30.5 Å². The molecule has 0 N–H and O–H groups in total. The smallest absolute Gasteiger partial charge is 0.517 e. The second kappa shape index (κ2) is 10.9. The van der Waals surface area contributed by atoms with Crippen LogP contribution in [0.2, 0.25) is 0 Å². The van der Waals surface area contributed by atoms with E-state index in [9.17, 15) is 0 Å². The van der Waals surface area contributed by atoms with E-state index in [1.54, 1.807) is 26.6 Å². The van der Waals surface area contributed by atoms with Gasteiger partial charge in [0.15, 0.2) is 0 Å². The molecule has 0 bridgehead atoms. The molecule has 0 aliphatic rings. The van der Waals surface area contributed by atoms with Crippen molar-refractivity contribution in [2.75, 3.05) is 14.2 Å². The minimum Gasteiger partial charge on any atom is -0.517 e. The molecule has 0 spiro atoms. The molecule has 0 radical (unpaired) electrons. The van der Waals surface area contributed by atoms with Crippen molar-refractivity contribution >= 4 is 0 Å². The maximum atomic E-state index is 5.54. The first-order valence-corrected chi connectivity index (χ1v) is 9.74. The molecular weight excluding hydrogens is 567 g/mol. The Bertz CT molecular complexity index is 1030. The fraction of sp³-hybridized carbons (Fsp3) is 0.154. The van der Waals surface area contributed by atoms with Gasteiger partial charge in [-0.2, -0.15) is 12.1 Å². The maximum absolute atomic E-state index is 5.54. The van der Waals surface area contributed by atoms with Gasteiger partial charge in [0, 0.05) is 35.3 Å². The molecule has 4 aromatic rings. The molecular formula is C26H22N2O2Pt. The van der Waals surface area contributed by atoms with Crippen LogP contribution in [0.1, 0.15) is 22.5 Å². The van der Waals surface area contributed by atoms with E-state index >= 15 is 0 Å². The summed E-state index contributed by atoms with van der Waals surface area (Å²) in [6, 6.07) is 26.8. The van der Waals surface area contributed by atoms with Crippen LogP contribution in [-0.4, -0.2) is 24.2 Å². The number of pyridine rings is 2. The van der Waals surface area contributed by atoms with Gasteiger partial charge in [-0.15, -0.1) is 23.3 Å². The van der Waals surface area contributed by atoms with Gasteiger partial charge < -0.3 is 9.47 Å². The second-order valence-corrected chi connectivity index (χ2v) is 6.91. The molecule has 0 aliphatic heterocycles. The van der Waals surface area contributed by atoms with Crippen LogP contribution in [0.5, 0.6) is 11.5 Å². The number of rotatable bonds is 7. The van der Waals surface area contributed by atoms with Crippen molar-refractivity contribution in [3.63, 3.8) is 0 Å². The summed E-state index contributed by atoms with van der Waals surface area (Å²) in [5.74, 6) is 1.55.